The van der Waals surface area contributed by atoms with Gasteiger partial charge in [0.1, 0.15) is 17.4 Å². The summed E-state index contributed by atoms with van der Waals surface area (Å²) in [6, 6.07) is 20.6. The molecular weight excluding hydrogens is 418 g/mol. The fourth-order valence-electron chi connectivity index (χ4n) is 3.29. The molecule has 3 aromatic rings. The van der Waals surface area contributed by atoms with Crippen LogP contribution in [0.4, 0.5) is 0 Å². The molecule has 5 rings (SSSR count). The van der Waals surface area contributed by atoms with Crippen LogP contribution in [0.15, 0.2) is 87.1 Å². The van der Waals surface area contributed by atoms with Crippen LogP contribution in [0.25, 0.3) is 23.1 Å². The Labute approximate surface area is 181 Å². The van der Waals surface area contributed by atoms with Crippen LogP contribution in [-0.4, -0.2) is 21.8 Å². The molecular formula is C23H14ClN3O2S. The average Bonchev–Trinajstić information content (AvgIpc) is 3.39. The molecule has 0 fully saturated rings. The van der Waals surface area contributed by atoms with Crippen molar-refractivity contribution >= 4 is 52.0 Å². The van der Waals surface area contributed by atoms with Crippen molar-refractivity contribution in [2.45, 2.75) is 0 Å². The number of amides is 1. The zero-order chi connectivity index (χ0) is 20.7. The zero-order valence-corrected chi connectivity index (χ0v) is 17.1. The number of aliphatic imine (C=N–C) groups is 1. The van der Waals surface area contributed by atoms with E-state index in [1.807, 2.05) is 53.9 Å². The van der Waals surface area contributed by atoms with E-state index in [0.29, 0.717) is 21.7 Å². The third-order valence-corrected chi connectivity index (χ3v) is 5.89. The van der Waals surface area contributed by atoms with E-state index in [2.05, 4.69) is 4.99 Å². The molecule has 0 radical (unpaired) electrons. The van der Waals surface area contributed by atoms with Gasteiger partial charge in [-0.05, 0) is 35.9 Å². The van der Waals surface area contributed by atoms with Crippen molar-refractivity contribution in [2.75, 3.05) is 0 Å². The first-order chi connectivity index (χ1) is 14.6. The monoisotopic (exact) mass is 431 g/mol. The van der Waals surface area contributed by atoms with E-state index in [4.69, 9.17) is 21.4 Å². The fourth-order valence-corrected chi connectivity index (χ4v) is 4.41. The lowest BCUT2D eigenvalue weighted by atomic mass is 10.1. The summed E-state index contributed by atoms with van der Waals surface area (Å²) in [5.41, 5.74) is 2.70. The molecule has 7 heteroatoms. The standard InChI is InChI=1S/C23H14ClN3O2S/c24-18-9-5-4-8-16(18)20-11-10-15(29-20)12-17-21(25)27-19(14-6-2-1-3-7-14)13-30-23(27)26-22(17)28/h1-13,25H/b17-12-,25-21?. The minimum atomic E-state index is -0.461. The van der Waals surface area contributed by atoms with Gasteiger partial charge in [0.05, 0.1) is 16.3 Å². The summed E-state index contributed by atoms with van der Waals surface area (Å²) in [6.45, 7) is 0. The van der Waals surface area contributed by atoms with Gasteiger partial charge in [-0.15, -0.1) is 0 Å². The quantitative estimate of drug-likeness (QED) is 0.524. The van der Waals surface area contributed by atoms with Crippen molar-refractivity contribution in [3.05, 3.63) is 94.1 Å². The van der Waals surface area contributed by atoms with E-state index < -0.39 is 5.91 Å². The molecule has 1 N–H and O–H groups in total. The summed E-state index contributed by atoms with van der Waals surface area (Å²) in [5.74, 6) is 0.653. The van der Waals surface area contributed by atoms with Crippen LogP contribution in [0.1, 0.15) is 11.3 Å². The number of nitrogens with one attached hydrogen (secondary N) is 1. The van der Waals surface area contributed by atoms with Gasteiger partial charge in [0.25, 0.3) is 5.91 Å². The van der Waals surface area contributed by atoms with Crippen LogP contribution in [0, 0.1) is 5.41 Å². The number of rotatable bonds is 3. The second-order valence-corrected chi connectivity index (χ2v) is 7.85. The number of halogens is 1. The normalized spacial score (nSPS) is 17.2. The minimum absolute atomic E-state index is 0.0702. The SMILES string of the molecule is N=C1/C(=C/c2ccc(-c3ccccc3Cl)o2)C(=O)N=C2SC=C(c3ccccc3)N12. The molecule has 2 aliphatic rings. The summed E-state index contributed by atoms with van der Waals surface area (Å²) in [7, 11) is 0. The number of carbonyl (C=O) groups is 1. The van der Waals surface area contributed by atoms with E-state index >= 15 is 0 Å². The van der Waals surface area contributed by atoms with Gasteiger partial charge in [-0.1, -0.05) is 65.8 Å². The molecule has 0 spiro atoms. The van der Waals surface area contributed by atoms with E-state index in [-0.39, 0.29) is 11.4 Å². The molecule has 2 aliphatic heterocycles. The van der Waals surface area contributed by atoms with E-state index in [1.54, 1.807) is 29.2 Å². The van der Waals surface area contributed by atoms with Gasteiger partial charge >= 0.3 is 0 Å². The summed E-state index contributed by atoms with van der Waals surface area (Å²) in [5, 5.41) is 11.6. The second-order valence-electron chi connectivity index (χ2n) is 6.61. The number of thioether (sulfide) groups is 1. The molecule has 2 aromatic carbocycles. The number of nitrogens with zero attached hydrogens (tertiary/aromatic N) is 2. The first-order valence-corrected chi connectivity index (χ1v) is 10.4. The number of hydrogen-bond acceptors (Lipinski definition) is 4. The zero-order valence-electron chi connectivity index (χ0n) is 15.5. The van der Waals surface area contributed by atoms with Crippen molar-refractivity contribution < 1.29 is 9.21 Å². The van der Waals surface area contributed by atoms with Crippen LogP contribution < -0.4 is 0 Å². The van der Waals surface area contributed by atoms with Crippen LogP contribution in [0.2, 0.25) is 5.02 Å². The predicted molar refractivity (Wildman–Crippen MR) is 121 cm³/mol. The molecule has 0 atom stereocenters. The number of furan rings is 1. The Morgan fingerprint density at radius 2 is 1.80 bits per heavy atom. The van der Waals surface area contributed by atoms with Gasteiger partial charge in [-0.25, -0.2) is 0 Å². The highest BCUT2D eigenvalue weighted by molar-refractivity contribution is 8.17. The van der Waals surface area contributed by atoms with E-state index in [0.717, 1.165) is 16.8 Å². The maximum Gasteiger partial charge on any atom is 0.283 e. The highest BCUT2D eigenvalue weighted by Gasteiger charge is 2.36. The topological polar surface area (TPSA) is 69.7 Å². The van der Waals surface area contributed by atoms with Gasteiger partial charge in [0.15, 0.2) is 5.17 Å². The van der Waals surface area contributed by atoms with Crippen LogP contribution in [0.3, 0.4) is 0 Å². The third kappa shape index (κ3) is 3.20. The minimum Gasteiger partial charge on any atom is -0.457 e. The molecule has 5 nitrogen and oxygen atoms in total. The highest BCUT2D eigenvalue weighted by Crippen LogP contribution is 2.37. The lowest BCUT2D eigenvalue weighted by molar-refractivity contribution is -0.114. The number of benzene rings is 2. The highest BCUT2D eigenvalue weighted by atomic mass is 35.5. The van der Waals surface area contributed by atoms with Crippen molar-refractivity contribution in [3.63, 3.8) is 0 Å². The number of carbonyl (C=O) groups excluding carboxylic acids is 1. The van der Waals surface area contributed by atoms with Crippen LogP contribution >= 0.6 is 23.4 Å². The molecule has 0 aliphatic carbocycles. The third-order valence-electron chi connectivity index (χ3n) is 4.74. The van der Waals surface area contributed by atoms with Gasteiger partial charge in [0.2, 0.25) is 0 Å². The lowest BCUT2D eigenvalue weighted by Crippen LogP contribution is -2.37. The predicted octanol–water partition coefficient (Wildman–Crippen LogP) is 5.90. The average molecular weight is 432 g/mol. The Bertz CT molecular complexity index is 1270. The number of fused-ring (bicyclic) bond motifs is 1. The molecule has 0 bridgehead atoms. The molecule has 1 amide bonds. The Hall–Kier alpha value is -3.35. The van der Waals surface area contributed by atoms with Gasteiger partial charge < -0.3 is 4.42 Å². The maximum absolute atomic E-state index is 12.6. The number of amidine groups is 2. The molecule has 3 heterocycles. The van der Waals surface area contributed by atoms with Crippen molar-refractivity contribution in [1.29, 1.82) is 5.41 Å². The first kappa shape index (κ1) is 18.7. The van der Waals surface area contributed by atoms with Gasteiger partial charge in [-0.3, -0.25) is 15.1 Å². The van der Waals surface area contributed by atoms with E-state index in [9.17, 15) is 4.79 Å². The molecule has 146 valence electrons. The lowest BCUT2D eigenvalue weighted by Gasteiger charge is -2.26. The molecule has 0 unspecified atom stereocenters. The Morgan fingerprint density at radius 1 is 1.03 bits per heavy atom. The number of hydrogen-bond donors (Lipinski definition) is 1. The largest absolute Gasteiger partial charge is 0.457 e. The summed E-state index contributed by atoms with van der Waals surface area (Å²) in [6.07, 6.45) is 1.55. The van der Waals surface area contributed by atoms with Crippen LogP contribution in [0.5, 0.6) is 0 Å². The molecule has 30 heavy (non-hydrogen) atoms. The Morgan fingerprint density at radius 3 is 2.60 bits per heavy atom. The summed E-state index contributed by atoms with van der Waals surface area (Å²) in [4.78, 5) is 18.5. The van der Waals surface area contributed by atoms with Crippen molar-refractivity contribution in [1.82, 2.24) is 4.90 Å². The fraction of sp³-hybridized carbons (Fsp3) is 0. The smallest absolute Gasteiger partial charge is 0.283 e. The summed E-state index contributed by atoms with van der Waals surface area (Å²) >= 11 is 7.58. The molecule has 1 aromatic heterocycles. The Balaban J connectivity index is 1.50. The Kier molecular flexibility index (Phi) is 4.65. The first-order valence-electron chi connectivity index (χ1n) is 9.12. The second kappa shape index (κ2) is 7.48. The molecule has 0 saturated heterocycles. The van der Waals surface area contributed by atoms with Crippen LogP contribution in [-0.2, 0) is 4.79 Å². The van der Waals surface area contributed by atoms with Gasteiger partial charge in [-0.2, -0.15) is 4.99 Å². The van der Waals surface area contributed by atoms with Crippen molar-refractivity contribution in [2.24, 2.45) is 4.99 Å². The summed E-state index contributed by atoms with van der Waals surface area (Å²) < 4.78 is 5.88. The molecule has 0 saturated carbocycles. The maximum atomic E-state index is 12.6. The van der Waals surface area contributed by atoms with Crippen molar-refractivity contribution in [3.8, 4) is 11.3 Å². The van der Waals surface area contributed by atoms with Gasteiger partial charge in [0, 0.05) is 11.0 Å². The van der Waals surface area contributed by atoms with E-state index in [1.165, 1.54) is 11.8 Å².